The molecule has 1 heterocycles. The Balaban J connectivity index is 0.00000220. The smallest absolute Gasteiger partial charge is 0.432 e. The van der Waals surface area contributed by atoms with Gasteiger partial charge in [0.05, 0.1) is 38.2 Å². The molecule has 8 heteroatoms. The maximum Gasteiger partial charge on any atom is 0.432 e. The number of anilines is 1. The first-order chi connectivity index (χ1) is 9.80. The van der Waals surface area contributed by atoms with Crippen LogP contribution in [0.4, 0.5) is 11.4 Å². The molecule has 22 heavy (non-hydrogen) atoms. The van der Waals surface area contributed by atoms with Gasteiger partial charge < -0.3 is 31.5 Å². The summed E-state index contributed by atoms with van der Waals surface area (Å²) in [4.78, 5) is 5.48. The molecule has 0 radical (unpaired) electrons. The second kappa shape index (κ2) is 10.6. The van der Waals surface area contributed by atoms with Crippen LogP contribution < -0.4 is 26.8 Å². The van der Waals surface area contributed by atoms with Crippen molar-refractivity contribution in [3.05, 3.63) is 17.1 Å². The predicted molar refractivity (Wildman–Crippen MR) is 76.6 cm³/mol. The van der Waals surface area contributed by atoms with E-state index < -0.39 is 0 Å². The van der Waals surface area contributed by atoms with Crippen molar-refractivity contribution in [1.82, 2.24) is 0 Å². The molecule has 6 nitrogen and oxygen atoms in total. The second-order valence-corrected chi connectivity index (χ2v) is 4.36. The summed E-state index contributed by atoms with van der Waals surface area (Å²) < 4.78 is 16.6. The van der Waals surface area contributed by atoms with Crippen LogP contribution in [0.3, 0.4) is 0 Å². The summed E-state index contributed by atoms with van der Waals surface area (Å²) in [5, 5.41) is 9.21. The third-order valence-corrected chi connectivity index (χ3v) is 3.08. The number of ether oxygens (including phenoxy) is 3. The van der Waals surface area contributed by atoms with Gasteiger partial charge in [0.2, 0.25) is 11.1 Å². The number of diazo groups is 1. The molecule has 1 aromatic carbocycles. The number of morpholine rings is 1. The fraction of sp³-hybridized carbons (Fsp3) is 0.571. The zero-order chi connectivity index (χ0) is 14.4. The Labute approximate surface area is 149 Å². The minimum Gasteiger partial charge on any atom is -1.00 e. The maximum absolute atomic E-state index is 9.21. The first-order valence-corrected chi connectivity index (χ1v) is 6.91. The van der Waals surface area contributed by atoms with Crippen LogP contribution in [0.2, 0.25) is 0 Å². The molecule has 0 aliphatic carbocycles. The molecule has 1 fully saturated rings. The van der Waals surface area contributed by atoms with E-state index in [-0.39, 0.29) is 31.9 Å². The Kier molecular flexibility index (Phi) is 10.1. The van der Waals surface area contributed by atoms with Crippen molar-refractivity contribution in [2.75, 3.05) is 44.4 Å². The van der Waals surface area contributed by atoms with Crippen LogP contribution in [0, 0.1) is 5.39 Å². The Morgan fingerprint density at radius 2 is 1.82 bits per heavy atom. The maximum atomic E-state index is 9.21. The largest absolute Gasteiger partial charge is 1.00 e. The first-order valence-electron chi connectivity index (χ1n) is 6.91. The van der Waals surface area contributed by atoms with Gasteiger partial charge in [-0.25, -0.2) is 0 Å². The molecule has 1 aliphatic heterocycles. The molecule has 0 atom stereocenters. The third-order valence-electron chi connectivity index (χ3n) is 3.08. The first kappa shape index (κ1) is 20.9. The summed E-state index contributed by atoms with van der Waals surface area (Å²) in [5.74, 6) is 1.26. The van der Waals surface area contributed by atoms with Crippen LogP contribution in [0.15, 0.2) is 12.1 Å². The van der Waals surface area contributed by atoms with Crippen molar-refractivity contribution in [2.24, 2.45) is 0 Å². The van der Waals surface area contributed by atoms with Gasteiger partial charge in [0.15, 0.2) is 4.98 Å². The third kappa shape index (κ3) is 4.98. The zero-order valence-corrected chi connectivity index (χ0v) is 16.8. The molecule has 0 amide bonds. The normalized spacial score (nSPS) is 13.4. The van der Waals surface area contributed by atoms with Gasteiger partial charge in [0.1, 0.15) is 5.75 Å². The minimum absolute atomic E-state index is 0. The molecule has 1 aromatic rings. The molecule has 0 N–H and O–H groups in total. The number of rotatable bonds is 5. The number of halogens is 1. The molecule has 0 aromatic heterocycles. The molecule has 0 saturated carbocycles. The molecular formula is C14H20ClN3O3Zn. The Bertz CT molecular complexity index is 505. The van der Waals surface area contributed by atoms with Crippen LogP contribution >= 0.6 is 0 Å². The Morgan fingerprint density at radius 1 is 1.18 bits per heavy atom. The van der Waals surface area contributed by atoms with Crippen LogP contribution in [0.5, 0.6) is 11.5 Å². The van der Waals surface area contributed by atoms with Gasteiger partial charge in [-0.05, 0) is 13.8 Å². The van der Waals surface area contributed by atoms with E-state index in [2.05, 4.69) is 9.88 Å². The van der Waals surface area contributed by atoms with Crippen LogP contribution in [0.25, 0.3) is 4.98 Å². The molecule has 1 saturated heterocycles. The topological polar surface area (TPSA) is 59.1 Å². The number of hydrogen-bond donors (Lipinski definition) is 0. The summed E-state index contributed by atoms with van der Waals surface area (Å²) in [6.45, 7) is 7.80. The van der Waals surface area contributed by atoms with Crippen molar-refractivity contribution in [3.8, 4) is 11.5 Å². The van der Waals surface area contributed by atoms with Crippen molar-refractivity contribution < 1.29 is 46.1 Å². The van der Waals surface area contributed by atoms with Crippen molar-refractivity contribution in [1.29, 1.82) is 5.39 Å². The van der Waals surface area contributed by atoms with Crippen molar-refractivity contribution >= 4 is 11.4 Å². The molecule has 0 unspecified atom stereocenters. The predicted octanol–water partition coefficient (Wildman–Crippen LogP) is -0.193. The van der Waals surface area contributed by atoms with Gasteiger partial charge in [-0.1, -0.05) is 0 Å². The van der Waals surface area contributed by atoms with Crippen LogP contribution in [0.1, 0.15) is 13.8 Å². The monoisotopic (exact) mass is 377 g/mol. The fourth-order valence-electron chi connectivity index (χ4n) is 2.23. The van der Waals surface area contributed by atoms with E-state index in [1.54, 1.807) is 6.07 Å². The van der Waals surface area contributed by atoms with Crippen molar-refractivity contribution in [2.45, 2.75) is 13.8 Å². The fourth-order valence-corrected chi connectivity index (χ4v) is 2.23. The van der Waals surface area contributed by atoms with Gasteiger partial charge in [-0.15, -0.1) is 0 Å². The van der Waals surface area contributed by atoms with Crippen LogP contribution in [-0.2, 0) is 24.2 Å². The Hall–Kier alpha value is -1.09. The Morgan fingerprint density at radius 3 is 2.36 bits per heavy atom. The molecule has 118 valence electrons. The van der Waals surface area contributed by atoms with Gasteiger partial charge in [-0.3, -0.25) is 0 Å². The number of benzene rings is 1. The summed E-state index contributed by atoms with van der Waals surface area (Å²) in [5.41, 5.74) is 1.27. The van der Waals surface area contributed by atoms with E-state index in [9.17, 15) is 5.39 Å². The van der Waals surface area contributed by atoms with E-state index in [1.165, 1.54) is 0 Å². The average Bonchev–Trinajstić information content (AvgIpc) is 2.49. The van der Waals surface area contributed by atoms with Gasteiger partial charge >= 0.3 is 5.69 Å². The van der Waals surface area contributed by atoms with Gasteiger partial charge in [0.25, 0.3) is 0 Å². The van der Waals surface area contributed by atoms with E-state index in [4.69, 9.17) is 14.2 Å². The van der Waals surface area contributed by atoms with Gasteiger partial charge in [-0.2, -0.15) is 0 Å². The number of nitrogens with zero attached hydrogens (tertiary/aromatic N) is 3. The van der Waals surface area contributed by atoms with Crippen molar-refractivity contribution in [3.63, 3.8) is 0 Å². The van der Waals surface area contributed by atoms with Gasteiger partial charge in [0, 0.05) is 38.6 Å². The SMILES string of the molecule is CCOc1cc([N+]#N)c(OCC)c(N2CCOCC2)c1.[Cl-].[Zn]. The standard InChI is InChI=1S/C14H20N3O3.ClH.Zn/c1-3-19-11-9-12(16-15)14(20-4-2)13(10-11)17-5-7-18-8-6-17;;/h9-10H,3-8H2,1-2H3;1H;/q+1;;/p-1. The quantitative estimate of drug-likeness (QED) is 0.524. The summed E-state index contributed by atoms with van der Waals surface area (Å²) >= 11 is 0. The van der Waals surface area contributed by atoms with E-state index in [0.29, 0.717) is 43.6 Å². The summed E-state index contributed by atoms with van der Waals surface area (Å²) in [7, 11) is 0. The van der Waals surface area contributed by atoms with E-state index in [1.807, 2.05) is 19.9 Å². The molecule has 2 rings (SSSR count). The second-order valence-electron chi connectivity index (χ2n) is 4.36. The minimum atomic E-state index is 0. The molecule has 0 bridgehead atoms. The zero-order valence-electron chi connectivity index (χ0n) is 13.0. The molecule has 0 spiro atoms. The molecular weight excluding hydrogens is 359 g/mol. The van der Waals surface area contributed by atoms with Crippen LogP contribution in [-0.4, -0.2) is 39.5 Å². The summed E-state index contributed by atoms with van der Waals surface area (Å²) in [6, 6.07) is 3.60. The van der Waals surface area contributed by atoms with E-state index in [0.717, 1.165) is 18.8 Å². The molecule has 1 aliphatic rings. The average molecular weight is 379 g/mol. The van der Waals surface area contributed by atoms with E-state index >= 15 is 0 Å². The number of hydrogen-bond acceptors (Lipinski definition) is 5. The summed E-state index contributed by atoms with van der Waals surface area (Å²) in [6.07, 6.45) is 0.